The average molecular weight is 361 g/mol. The van der Waals surface area contributed by atoms with Gasteiger partial charge in [-0.15, -0.1) is 0 Å². The second kappa shape index (κ2) is 6.21. The molecule has 1 aromatic heterocycles. The number of benzene rings is 2. The van der Waals surface area contributed by atoms with Crippen LogP contribution in [0.2, 0.25) is 0 Å². The molecule has 3 rings (SSSR count). The molecule has 0 unspecified atom stereocenters. The first kappa shape index (κ1) is 17.5. The number of ether oxygens (including phenoxy) is 4. The molecular formula is C18H19NO7. The lowest BCUT2D eigenvalue weighted by Gasteiger charge is -2.20. The minimum atomic E-state index is -0.484. The molecule has 0 aliphatic carbocycles. The van der Waals surface area contributed by atoms with Crippen LogP contribution in [0, 0.1) is 0 Å². The largest absolute Gasteiger partial charge is 0.504 e. The summed E-state index contributed by atoms with van der Waals surface area (Å²) >= 11 is 0. The number of pyridine rings is 1. The molecule has 0 spiro atoms. The van der Waals surface area contributed by atoms with E-state index in [0.29, 0.717) is 0 Å². The van der Waals surface area contributed by atoms with Gasteiger partial charge in [0.05, 0.1) is 44.7 Å². The van der Waals surface area contributed by atoms with Crippen molar-refractivity contribution >= 4 is 21.8 Å². The number of aromatic hydroxyl groups is 2. The number of hydrogen-bond donors (Lipinski definition) is 2. The molecule has 0 saturated heterocycles. The van der Waals surface area contributed by atoms with Crippen LogP contribution in [0.5, 0.6) is 34.5 Å². The van der Waals surface area contributed by atoms with E-state index in [1.54, 1.807) is 11.6 Å². The van der Waals surface area contributed by atoms with Gasteiger partial charge >= 0.3 is 0 Å². The molecular weight excluding hydrogens is 342 g/mol. The number of hydrogen-bond acceptors (Lipinski definition) is 7. The van der Waals surface area contributed by atoms with E-state index in [0.717, 1.165) is 0 Å². The summed E-state index contributed by atoms with van der Waals surface area (Å²) in [4.78, 5) is 13.1. The maximum atomic E-state index is 13.1. The van der Waals surface area contributed by atoms with E-state index in [1.807, 2.05) is 0 Å². The summed E-state index contributed by atoms with van der Waals surface area (Å²) in [6.45, 7) is 0. The van der Waals surface area contributed by atoms with E-state index in [2.05, 4.69) is 0 Å². The number of phenols is 2. The predicted molar refractivity (Wildman–Crippen MR) is 96.2 cm³/mol. The molecule has 1 heterocycles. The highest BCUT2D eigenvalue weighted by molar-refractivity contribution is 6.04. The Balaban J connectivity index is 2.72. The third-order valence-corrected chi connectivity index (χ3v) is 4.41. The van der Waals surface area contributed by atoms with Gasteiger partial charge in [0, 0.05) is 7.05 Å². The first-order valence-electron chi connectivity index (χ1n) is 7.66. The average Bonchev–Trinajstić information content (AvgIpc) is 2.64. The minimum absolute atomic E-state index is 0.000864. The molecule has 0 amide bonds. The number of phenolic OH excluding ortho intramolecular Hbond substituents is 2. The van der Waals surface area contributed by atoms with E-state index in [1.165, 1.54) is 40.6 Å². The zero-order chi connectivity index (χ0) is 19.2. The second-order valence-corrected chi connectivity index (χ2v) is 5.57. The fourth-order valence-corrected chi connectivity index (χ4v) is 3.25. The van der Waals surface area contributed by atoms with E-state index in [9.17, 15) is 15.0 Å². The SMILES string of the molecule is COc1ccc2c(=O)c3c(O)c(OC)c(OC)c(OC)c3n(C)c2c1O. The smallest absolute Gasteiger partial charge is 0.209 e. The van der Waals surface area contributed by atoms with Crippen molar-refractivity contribution in [1.29, 1.82) is 0 Å². The molecule has 0 fully saturated rings. The second-order valence-electron chi connectivity index (χ2n) is 5.57. The van der Waals surface area contributed by atoms with Crippen LogP contribution in [-0.2, 0) is 7.05 Å². The summed E-state index contributed by atoms with van der Waals surface area (Å²) < 4.78 is 22.6. The first-order valence-corrected chi connectivity index (χ1v) is 7.66. The van der Waals surface area contributed by atoms with E-state index >= 15 is 0 Å². The lowest BCUT2D eigenvalue weighted by atomic mass is 10.1. The van der Waals surface area contributed by atoms with Gasteiger partial charge in [-0.05, 0) is 12.1 Å². The van der Waals surface area contributed by atoms with E-state index in [4.69, 9.17) is 18.9 Å². The Kier molecular flexibility index (Phi) is 4.19. The van der Waals surface area contributed by atoms with Gasteiger partial charge in [-0.2, -0.15) is 0 Å². The molecule has 0 bridgehead atoms. The van der Waals surface area contributed by atoms with Gasteiger partial charge in [-0.3, -0.25) is 4.79 Å². The van der Waals surface area contributed by atoms with Crippen LogP contribution in [0.1, 0.15) is 0 Å². The molecule has 26 heavy (non-hydrogen) atoms. The number of nitrogens with zero attached hydrogens (tertiary/aromatic N) is 1. The Morgan fingerprint density at radius 2 is 1.42 bits per heavy atom. The molecule has 2 aromatic carbocycles. The van der Waals surface area contributed by atoms with Gasteiger partial charge in [-0.25, -0.2) is 0 Å². The highest BCUT2D eigenvalue weighted by Crippen LogP contribution is 2.50. The zero-order valence-corrected chi connectivity index (χ0v) is 15.0. The van der Waals surface area contributed by atoms with E-state index < -0.39 is 5.43 Å². The van der Waals surface area contributed by atoms with Crippen LogP contribution < -0.4 is 24.4 Å². The minimum Gasteiger partial charge on any atom is -0.504 e. The van der Waals surface area contributed by atoms with Crippen molar-refractivity contribution in [2.45, 2.75) is 0 Å². The Bertz CT molecular complexity index is 1090. The van der Waals surface area contributed by atoms with Crippen LogP contribution in [0.25, 0.3) is 21.8 Å². The number of aromatic nitrogens is 1. The predicted octanol–water partition coefficient (Wildman–Crippen LogP) is 2.14. The van der Waals surface area contributed by atoms with Gasteiger partial charge < -0.3 is 33.7 Å². The lowest BCUT2D eigenvalue weighted by molar-refractivity contribution is 0.313. The molecule has 3 aromatic rings. The fraction of sp³-hybridized carbons (Fsp3) is 0.278. The Labute approximate surface area is 148 Å². The van der Waals surface area contributed by atoms with Crippen molar-refractivity contribution in [3.8, 4) is 34.5 Å². The molecule has 0 aliphatic heterocycles. The molecule has 8 nitrogen and oxygen atoms in total. The molecule has 0 atom stereocenters. The van der Waals surface area contributed by atoms with Crippen molar-refractivity contribution in [3.05, 3.63) is 22.4 Å². The van der Waals surface area contributed by atoms with Gasteiger partial charge in [0.25, 0.3) is 0 Å². The zero-order valence-electron chi connectivity index (χ0n) is 15.0. The van der Waals surface area contributed by atoms with Crippen LogP contribution in [-0.4, -0.2) is 43.2 Å². The van der Waals surface area contributed by atoms with Crippen molar-refractivity contribution in [3.63, 3.8) is 0 Å². The molecule has 0 aliphatic rings. The summed E-state index contributed by atoms with van der Waals surface area (Å²) in [6.07, 6.45) is 0. The van der Waals surface area contributed by atoms with Gasteiger partial charge in [0.15, 0.2) is 23.0 Å². The quantitative estimate of drug-likeness (QED) is 0.687. The highest BCUT2D eigenvalue weighted by Gasteiger charge is 2.27. The molecule has 0 saturated carbocycles. The number of fused-ring (bicyclic) bond motifs is 2. The Morgan fingerprint density at radius 1 is 0.808 bits per heavy atom. The van der Waals surface area contributed by atoms with Crippen LogP contribution in [0.15, 0.2) is 16.9 Å². The van der Waals surface area contributed by atoms with Gasteiger partial charge in [-0.1, -0.05) is 0 Å². The fourth-order valence-electron chi connectivity index (χ4n) is 3.25. The van der Waals surface area contributed by atoms with Crippen molar-refractivity contribution in [2.75, 3.05) is 28.4 Å². The summed E-state index contributed by atoms with van der Waals surface area (Å²) in [5, 5.41) is 21.4. The number of rotatable bonds is 4. The summed E-state index contributed by atoms with van der Waals surface area (Å²) in [5.74, 6) is -0.0139. The van der Waals surface area contributed by atoms with Crippen molar-refractivity contribution in [2.24, 2.45) is 7.05 Å². The number of methoxy groups -OCH3 is 4. The summed E-state index contributed by atoms with van der Waals surface area (Å²) in [7, 11) is 7.21. The third-order valence-electron chi connectivity index (χ3n) is 4.41. The maximum Gasteiger partial charge on any atom is 0.209 e. The lowest BCUT2D eigenvalue weighted by Crippen LogP contribution is -2.12. The van der Waals surface area contributed by atoms with Crippen LogP contribution >= 0.6 is 0 Å². The van der Waals surface area contributed by atoms with Crippen molar-refractivity contribution in [1.82, 2.24) is 4.57 Å². The van der Waals surface area contributed by atoms with Crippen LogP contribution in [0.4, 0.5) is 0 Å². The Morgan fingerprint density at radius 3 is 1.96 bits per heavy atom. The highest BCUT2D eigenvalue weighted by atomic mass is 16.5. The normalized spacial score (nSPS) is 11.0. The van der Waals surface area contributed by atoms with Crippen LogP contribution in [0.3, 0.4) is 0 Å². The summed E-state index contributed by atoms with van der Waals surface area (Å²) in [5.41, 5.74) is 0.0123. The van der Waals surface area contributed by atoms with Gasteiger partial charge in [0.1, 0.15) is 5.52 Å². The first-order chi connectivity index (χ1) is 12.4. The van der Waals surface area contributed by atoms with Crippen molar-refractivity contribution < 1.29 is 29.2 Å². The maximum absolute atomic E-state index is 13.1. The Hall–Kier alpha value is -3.29. The van der Waals surface area contributed by atoms with E-state index in [-0.39, 0.29) is 56.3 Å². The summed E-state index contributed by atoms with van der Waals surface area (Å²) in [6, 6.07) is 3.01. The van der Waals surface area contributed by atoms with Gasteiger partial charge in [0.2, 0.25) is 16.9 Å². The molecule has 8 heteroatoms. The number of aryl methyl sites for hydroxylation is 1. The molecule has 2 N–H and O–H groups in total. The monoisotopic (exact) mass is 361 g/mol. The standard InChI is InChI=1S/C18H19NO7/c1-19-11-8(6-7-9(23-2)14(11)21)13(20)10-12(19)16(24-3)18(26-5)17(25-4)15(10)22/h6-7,21-22H,1-5H3. The molecule has 0 radical (unpaired) electrons. The molecule has 138 valence electrons. The third kappa shape index (κ3) is 2.11. The topological polar surface area (TPSA) is 99.4 Å².